The number of carbonyl (C=O) groups is 1. The summed E-state index contributed by atoms with van der Waals surface area (Å²) in [4.78, 5) is 16.9. The number of nitrogens with zero attached hydrogens (tertiary/aromatic N) is 2. The van der Waals surface area contributed by atoms with Crippen LogP contribution >= 0.6 is 11.6 Å². The summed E-state index contributed by atoms with van der Waals surface area (Å²) in [5.74, 6) is 0.490. The van der Waals surface area contributed by atoms with Crippen molar-refractivity contribution in [2.75, 3.05) is 39.4 Å². The van der Waals surface area contributed by atoms with Crippen LogP contribution in [0.1, 0.15) is 18.4 Å². The molecule has 22 heavy (non-hydrogen) atoms. The zero-order chi connectivity index (χ0) is 15.4. The number of halogens is 1. The van der Waals surface area contributed by atoms with Gasteiger partial charge in [0.05, 0.1) is 0 Å². The van der Waals surface area contributed by atoms with E-state index in [-0.39, 0.29) is 5.92 Å². The molecule has 4 nitrogen and oxygen atoms in total. The van der Waals surface area contributed by atoms with E-state index < -0.39 is 0 Å². The summed E-state index contributed by atoms with van der Waals surface area (Å²) in [7, 11) is 0. The number of hydrogen-bond acceptors (Lipinski definition) is 3. The first kappa shape index (κ1) is 15.8. The minimum atomic E-state index is 0.170. The fourth-order valence-electron chi connectivity index (χ4n) is 3.20. The monoisotopic (exact) mass is 322 g/mol. The second-order valence-electron chi connectivity index (χ2n) is 6.08. The van der Waals surface area contributed by atoms with Crippen LogP contribution in [0.3, 0.4) is 0 Å². The lowest BCUT2D eigenvalue weighted by Crippen LogP contribution is -2.50. The maximum atomic E-state index is 12.5. The third kappa shape index (κ3) is 3.80. The van der Waals surface area contributed by atoms with Gasteiger partial charge in [0.1, 0.15) is 0 Å². The summed E-state index contributed by atoms with van der Waals surface area (Å²) in [6.07, 6.45) is 1.75. The maximum absolute atomic E-state index is 12.5. The minimum Gasteiger partial charge on any atom is -0.381 e. The molecule has 0 aliphatic carbocycles. The molecule has 1 aromatic rings. The van der Waals surface area contributed by atoms with Crippen molar-refractivity contribution >= 4 is 17.5 Å². The smallest absolute Gasteiger partial charge is 0.225 e. The molecular formula is C17H23ClN2O2. The molecular weight excluding hydrogens is 300 g/mol. The Morgan fingerprint density at radius 3 is 2.50 bits per heavy atom. The van der Waals surface area contributed by atoms with Crippen LogP contribution < -0.4 is 0 Å². The molecule has 0 unspecified atom stereocenters. The van der Waals surface area contributed by atoms with Gasteiger partial charge in [-0.05, 0) is 24.5 Å². The molecule has 3 rings (SSSR count). The largest absolute Gasteiger partial charge is 0.381 e. The highest BCUT2D eigenvalue weighted by molar-refractivity contribution is 6.31. The van der Waals surface area contributed by atoms with Gasteiger partial charge in [0.2, 0.25) is 5.91 Å². The van der Waals surface area contributed by atoms with Crippen LogP contribution in [0.15, 0.2) is 24.3 Å². The maximum Gasteiger partial charge on any atom is 0.225 e. The molecule has 0 N–H and O–H groups in total. The van der Waals surface area contributed by atoms with Crippen LogP contribution in [0, 0.1) is 5.92 Å². The standard InChI is InChI=1S/C17H23ClN2O2/c18-16-4-2-1-3-15(16)13-19-7-9-20(10-8-19)17(21)14-5-11-22-12-6-14/h1-4,14H,5-13H2. The average Bonchev–Trinajstić information content (AvgIpc) is 2.58. The second kappa shape index (κ2) is 7.44. The van der Waals surface area contributed by atoms with E-state index in [1.165, 1.54) is 0 Å². The predicted molar refractivity (Wildman–Crippen MR) is 86.9 cm³/mol. The lowest BCUT2D eigenvalue weighted by molar-refractivity contribution is -0.140. The van der Waals surface area contributed by atoms with E-state index in [1.807, 2.05) is 23.1 Å². The number of benzene rings is 1. The quantitative estimate of drug-likeness (QED) is 0.856. The fourth-order valence-corrected chi connectivity index (χ4v) is 3.39. The number of carbonyl (C=O) groups excluding carboxylic acids is 1. The summed E-state index contributed by atoms with van der Waals surface area (Å²) in [5, 5.41) is 0.822. The van der Waals surface area contributed by atoms with Crippen molar-refractivity contribution in [1.29, 1.82) is 0 Å². The summed E-state index contributed by atoms with van der Waals surface area (Å²) in [5.41, 5.74) is 1.16. The molecule has 2 heterocycles. The Morgan fingerprint density at radius 2 is 1.82 bits per heavy atom. The van der Waals surface area contributed by atoms with Gasteiger partial charge in [-0.2, -0.15) is 0 Å². The summed E-state index contributed by atoms with van der Waals surface area (Å²) >= 11 is 6.22. The van der Waals surface area contributed by atoms with Crippen LogP contribution in [0.4, 0.5) is 0 Å². The summed E-state index contributed by atoms with van der Waals surface area (Å²) < 4.78 is 5.34. The van der Waals surface area contributed by atoms with E-state index >= 15 is 0 Å². The first-order valence-corrected chi connectivity index (χ1v) is 8.44. The topological polar surface area (TPSA) is 32.8 Å². The number of hydrogen-bond donors (Lipinski definition) is 0. The van der Waals surface area contributed by atoms with E-state index in [0.29, 0.717) is 5.91 Å². The van der Waals surface area contributed by atoms with E-state index in [9.17, 15) is 4.79 Å². The van der Waals surface area contributed by atoms with Crippen LogP contribution in [0.25, 0.3) is 0 Å². The Balaban J connectivity index is 1.50. The lowest BCUT2D eigenvalue weighted by Gasteiger charge is -2.37. The van der Waals surface area contributed by atoms with E-state index in [4.69, 9.17) is 16.3 Å². The van der Waals surface area contributed by atoms with Crippen LogP contribution in [-0.4, -0.2) is 55.1 Å². The Hall–Kier alpha value is -1.10. The highest BCUT2D eigenvalue weighted by Crippen LogP contribution is 2.20. The molecule has 0 spiro atoms. The third-order valence-corrected chi connectivity index (χ3v) is 4.98. The first-order valence-electron chi connectivity index (χ1n) is 8.06. The Bertz CT molecular complexity index is 509. The van der Waals surface area contributed by atoms with Crippen molar-refractivity contribution in [3.05, 3.63) is 34.9 Å². The fraction of sp³-hybridized carbons (Fsp3) is 0.588. The van der Waals surface area contributed by atoms with E-state index in [2.05, 4.69) is 11.0 Å². The van der Waals surface area contributed by atoms with Crippen LogP contribution in [-0.2, 0) is 16.1 Å². The highest BCUT2D eigenvalue weighted by Gasteiger charge is 2.28. The third-order valence-electron chi connectivity index (χ3n) is 4.61. The van der Waals surface area contributed by atoms with Gasteiger partial charge in [-0.15, -0.1) is 0 Å². The summed E-state index contributed by atoms with van der Waals surface area (Å²) in [6.45, 7) is 5.78. The zero-order valence-electron chi connectivity index (χ0n) is 12.8. The number of ether oxygens (including phenoxy) is 1. The molecule has 0 radical (unpaired) electrons. The van der Waals surface area contributed by atoms with Gasteiger partial charge in [0.15, 0.2) is 0 Å². The van der Waals surface area contributed by atoms with Gasteiger partial charge in [-0.3, -0.25) is 9.69 Å². The molecule has 2 aliphatic heterocycles. The van der Waals surface area contributed by atoms with Gasteiger partial charge >= 0.3 is 0 Å². The molecule has 0 saturated carbocycles. The number of amides is 1. The number of piperazine rings is 1. The van der Waals surface area contributed by atoms with Crippen molar-refractivity contribution in [2.45, 2.75) is 19.4 Å². The Labute approximate surface area is 137 Å². The van der Waals surface area contributed by atoms with Crippen molar-refractivity contribution < 1.29 is 9.53 Å². The highest BCUT2D eigenvalue weighted by atomic mass is 35.5. The van der Waals surface area contributed by atoms with Crippen molar-refractivity contribution in [3.63, 3.8) is 0 Å². The Morgan fingerprint density at radius 1 is 1.14 bits per heavy atom. The molecule has 5 heteroatoms. The zero-order valence-corrected chi connectivity index (χ0v) is 13.6. The minimum absolute atomic E-state index is 0.170. The molecule has 0 aromatic heterocycles. The molecule has 2 saturated heterocycles. The van der Waals surface area contributed by atoms with Gasteiger partial charge in [0.25, 0.3) is 0 Å². The molecule has 1 aromatic carbocycles. The molecule has 0 bridgehead atoms. The van der Waals surface area contributed by atoms with Crippen molar-refractivity contribution in [3.8, 4) is 0 Å². The van der Waals surface area contributed by atoms with Crippen molar-refractivity contribution in [2.24, 2.45) is 5.92 Å². The van der Waals surface area contributed by atoms with Gasteiger partial charge < -0.3 is 9.64 Å². The first-order chi connectivity index (χ1) is 10.7. The average molecular weight is 323 g/mol. The molecule has 120 valence electrons. The Kier molecular flexibility index (Phi) is 5.34. The van der Waals surface area contributed by atoms with E-state index in [1.54, 1.807) is 0 Å². The number of rotatable bonds is 3. The molecule has 1 amide bonds. The normalized spacial score (nSPS) is 21.0. The van der Waals surface area contributed by atoms with Gasteiger partial charge in [-0.1, -0.05) is 29.8 Å². The van der Waals surface area contributed by atoms with Crippen LogP contribution in [0.5, 0.6) is 0 Å². The molecule has 2 fully saturated rings. The lowest BCUT2D eigenvalue weighted by atomic mass is 9.98. The summed E-state index contributed by atoms with van der Waals surface area (Å²) in [6, 6.07) is 7.98. The predicted octanol–water partition coefficient (Wildman–Crippen LogP) is 2.41. The molecule has 0 atom stereocenters. The SMILES string of the molecule is O=C(C1CCOCC1)N1CCN(Cc2ccccc2Cl)CC1. The van der Waals surface area contributed by atoms with Gasteiger partial charge in [-0.25, -0.2) is 0 Å². The van der Waals surface area contributed by atoms with Gasteiger partial charge in [0, 0.05) is 56.9 Å². The second-order valence-corrected chi connectivity index (χ2v) is 6.49. The van der Waals surface area contributed by atoms with Crippen molar-refractivity contribution in [1.82, 2.24) is 9.80 Å². The van der Waals surface area contributed by atoms with Crippen LogP contribution in [0.2, 0.25) is 5.02 Å². The van der Waals surface area contributed by atoms with E-state index in [0.717, 1.165) is 69.4 Å². The molecule has 2 aliphatic rings.